The van der Waals surface area contributed by atoms with Crippen LogP contribution in [0.4, 0.5) is 0 Å². The van der Waals surface area contributed by atoms with Gasteiger partial charge in [0, 0.05) is 18.7 Å². The highest BCUT2D eigenvalue weighted by Crippen LogP contribution is 2.25. The lowest BCUT2D eigenvalue weighted by Crippen LogP contribution is -2.28. The Bertz CT molecular complexity index is 940. The third-order valence-corrected chi connectivity index (χ3v) is 5.28. The van der Waals surface area contributed by atoms with E-state index < -0.39 is 0 Å². The zero-order valence-corrected chi connectivity index (χ0v) is 18.5. The van der Waals surface area contributed by atoms with Gasteiger partial charge in [-0.1, -0.05) is 55.9 Å². The quantitative estimate of drug-likeness (QED) is 0.496. The first kappa shape index (κ1) is 21.9. The predicted molar refractivity (Wildman–Crippen MR) is 120 cm³/mol. The maximum Gasteiger partial charge on any atom is 0.230 e. The Morgan fingerprint density at radius 3 is 2.50 bits per heavy atom. The smallest absolute Gasteiger partial charge is 0.230 e. The van der Waals surface area contributed by atoms with Crippen LogP contribution < -0.4 is 10.1 Å². The molecule has 0 saturated carbocycles. The molecule has 0 saturated heterocycles. The van der Waals surface area contributed by atoms with Gasteiger partial charge in [0.15, 0.2) is 5.16 Å². The summed E-state index contributed by atoms with van der Waals surface area (Å²) >= 11 is 1.39. The van der Waals surface area contributed by atoms with E-state index >= 15 is 0 Å². The van der Waals surface area contributed by atoms with Gasteiger partial charge in [-0.2, -0.15) is 0 Å². The highest BCUT2D eigenvalue weighted by molar-refractivity contribution is 7.99. The summed E-state index contributed by atoms with van der Waals surface area (Å²) in [5.41, 5.74) is 2.10. The summed E-state index contributed by atoms with van der Waals surface area (Å²) in [5, 5.41) is 12.5. The first-order valence-corrected chi connectivity index (χ1v) is 11.2. The Morgan fingerprint density at radius 2 is 1.83 bits per heavy atom. The number of nitrogens with one attached hydrogen (secondary N) is 1. The van der Waals surface area contributed by atoms with Gasteiger partial charge in [-0.15, -0.1) is 10.2 Å². The molecule has 1 amide bonds. The van der Waals surface area contributed by atoms with E-state index in [0.717, 1.165) is 22.8 Å². The van der Waals surface area contributed by atoms with Crippen LogP contribution in [0.25, 0.3) is 5.69 Å². The normalized spacial score (nSPS) is 10.9. The molecule has 2 aromatic carbocycles. The van der Waals surface area contributed by atoms with Crippen molar-refractivity contribution in [3.8, 4) is 11.4 Å². The molecule has 0 atom stereocenters. The first-order valence-electron chi connectivity index (χ1n) is 10.2. The second-order valence-electron chi connectivity index (χ2n) is 7.31. The molecule has 1 heterocycles. The fraction of sp³-hybridized carbons (Fsp3) is 0.348. The summed E-state index contributed by atoms with van der Waals surface area (Å²) < 4.78 is 7.58. The average Bonchev–Trinajstić information content (AvgIpc) is 3.14. The van der Waals surface area contributed by atoms with Crippen molar-refractivity contribution in [1.82, 2.24) is 20.1 Å². The van der Waals surface area contributed by atoms with Crippen molar-refractivity contribution in [2.75, 3.05) is 18.9 Å². The number of benzene rings is 2. The molecule has 7 heteroatoms. The van der Waals surface area contributed by atoms with E-state index in [2.05, 4.69) is 41.5 Å². The zero-order valence-electron chi connectivity index (χ0n) is 17.7. The number of carbonyl (C=O) groups excluding carboxylic acids is 1. The molecule has 0 spiro atoms. The second kappa shape index (κ2) is 10.8. The SMILES string of the molecule is CCOc1ccc(-n2c(Cc3ccccc3)nnc2SCC(=O)NCC(C)C)cc1. The number of rotatable bonds is 10. The van der Waals surface area contributed by atoms with Gasteiger partial charge in [0.25, 0.3) is 0 Å². The van der Waals surface area contributed by atoms with Crippen LogP contribution in [0.15, 0.2) is 59.8 Å². The van der Waals surface area contributed by atoms with E-state index in [-0.39, 0.29) is 5.91 Å². The van der Waals surface area contributed by atoms with Crippen LogP contribution >= 0.6 is 11.8 Å². The highest BCUT2D eigenvalue weighted by atomic mass is 32.2. The summed E-state index contributed by atoms with van der Waals surface area (Å²) in [7, 11) is 0. The van der Waals surface area contributed by atoms with Gasteiger partial charge in [-0.3, -0.25) is 9.36 Å². The number of nitrogens with zero attached hydrogens (tertiary/aromatic N) is 3. The Kier molecular flexibility index (Phi) is 7.90. The first-order chi connectivity index (χ1) is 14.6. The standard InChI is InChI=1S/C23H28N4O2S/c1-4-29-20-12-10-19(11-13-20)27-21(14-18-8-6-5-7-9-18)25-26-23(27)30-16-22(28)24-15-17(2)3/h5-13,17H,4,14-16H2,1-3H3,(H,24,28). The van der Waals surface area contributed by atoms with Gasteiger partial charge in [0.1, 0.15) is 11.6 Å². The maximum atomic E-state index is 12.2. The number of hydrogen-bond acceptors (Lipinski definition) is 5. The highest BCUT2D eigenvalue weighted by Gasteiger charge is 2.16. The van der Waals surface area contributed by atoms with Crippen molar-refractivity contribution >= 4 is 17.7 Å². The minimum Gasteiger partial charge on any atom is -0.494 e. The molecule has 0 aliphatic heterocycles. The Morgan fingerprint density at radius 1 is 1.10 bits per heavy atom. The number of hydrogen-bond donors (Lipinski definition) is 1. The average molecular weight is 425 g/mol. The Hall–Kier alpha value is -2.80. The van der Waals surface area contributed by atoms with Gasteiger partial charge in [-0.05, 0) is 42.7 Å². The van der Waals surface area contributed by atoms with E-state index in [1.54, 1.807) is 0 Å². The number of thioether (sulfide) groups is 1. The summed E-state index contributed by atoms with van der Waals surface area (Å²) in [6.45, 7) is 7.41. The third-order valence-electron chi connectivity index (χ3n) is 4.35. The lowest BCUT2D eigenvalue weighted by atomic mass is 10.1. The van der Waals surface area contributed by atoms with Crippen LogP contribution in [0.3, 0.4) is 0 Å². The molecule has 1 N–H and O–H groups in total. The van der Waals surface area contributed by atoms with Crippen LogP contribution in [0.2, 0.25) is 0 Å². The molecule has 158 valence electrons. The van der Waals surface area contributed by atoms with Crippen molar-refractivity contribution in [2.24, 2.45) is 5.92 Å². The summed E-state index contributed by atoms with van der Waals surface area (Å²) in [4.78, 5) is 12.2. The fourth-order valence-corrected chi connectivity index (χ4v) is 3.70. The van der Waals surface area contributed by atoms with Gasteiger partial charge in [-0.25, -0.2) is 0 Å². The molecule has 3 aromatic rings. The van der Waals surface area contributed by atoms with E-state index in [1.165, 1.54) is 11.8 Å². The van der Waals surface area contributed by atoms with Crippen molar-refractivity contribution in [3.63, 3.8) is 0 Å². The molecular formula is C23H28N4O2S. The molecule has 0 bridgehead atoms. The minimum atomic E-state index is -0.000414. The van der Waals surface area contributed by atoms with Crippen molar-refractivity contribution in [2.45, 2.75) is 32.3 Å². The molecule has 0 aliphatic carbocycles. The molecule has 0 unspecified atom stereocenters. The molecule has 1 aromatic heterocycles. The molecule has 3 rings (SSSR count). The van der Waals surface area contributed by atoms with Crippen molar-refractivity contribution in [3.05, 3.63) is 66.0 Å². The molecule has 0 aliphatic rings. The number of aromatic nitrogens is 3. The summed E-state index contributed by atoms with van der Waals surface area (Å²) in [5.74, 6) is 2.37. The van der Waals surface area contributed by atoms with E-state index in [4.69, 9.17) is 4.74 Å². The lowest BCUT2D eigenvalue weighted by Gasteiger charge is -2.12. The number of ether oxygens (including phenoxy) is 1. The zero-order chi connectivity index (χ0) is 21.3. The Labute approximate surface area is 182 Å². The number of carbonyl (C=O) groups is 1. The predicted octanol–water partition coefficient (Wildman–Crippen LogP) is 4.12. The summed E-state index contributed by atoms with van der Waals surface area (Å²) in [6.07, 6.45) is 0.654. The monoisotopic (exact) mass is 424 g/mol. The van der Waals surface area contributed by atoms with Gasteiger partial charge in [0.05, 0.1) is 12.4 Å². The van der Waals surface area contributed by atoms with Crippen LogP contribution in [0.5, 0.6) is 5.75 Å². The van der Waals surface area contributed by atoms with E-state index in [0.29, 0.717) is 36.4 Å². The minimum absolute atomic E-state index is 0.000414. The van der Waals surface area contributed by atoms with Gasteiger partial charge < -0.3 is 10.1 Å². The van der Waals surface area contributed by atoms with Crippen molar-refractivity contribution < 1.29 is 9.53 Å². The van der Waals surface area contributed by atoms with Crippen LogP contribution in [0, 0.1) is 5.92 Å². The molecule has 0 radical (unpaired) electrons. The van der Waals surface area contributed by atoms with Crippen LogP contribution in [-0.4, -0.2) is 39.6 Å². The van der Waals surface area contributed by atoms with E-state index in [9.17, 15) is 4.79 Å². The van der Waals surface area contributed by atoms with Gasteiger partial charge >= 0.3 is 0 Å². The lowest BCUT2D eigenvalue weighted by molar-refractivity contribution is -0.118. The van der Waals surface area contributed by atoms with Crippen molar-refractivity contribution in [1.29, 1.82) is 0 Å². The van der Waals surface area contributed by atoms with E-state index in [1.807, 2.05) is 54.0 Å². The largest absolute Gasteiger partial charge is 0.494 e. The Balaban J connectivity index is 1.83. The molecular weight excluding hydrogens is 396 g/mol. The van der Waals surface area contributed by atoms with Gasteiger partial charge in [0.2, 0.25) is 5.91 Å². The molecule has 0 fully saturated rings. The molecule has 30 heavy (non-hydrogen) atoms. The third kappa shape index (κ3) is 6.10. The second-order valence-corrected chi connectivity index (χ2v) is 8.25. The van der Waals surface area contributed by atoms with Crippen LogP contribution in [-0.2, 0) is 11.2 Å². The summed E-state index contributed by atoms with van der Waals surface area (Å²) in [6, 6.07) is 18.0. The topological polar surface area (TPSA) is 69.0 Å². The van der Waals surface area contributed by atoms with Crippen LogP contribution in [0.1, 0.15) is 32.2 Å². The number of amides is 1. The maximum absolute atomic E-state index is 12.2. The fourth-order valence-electron chi connectivity index (χ4n) is 2.90. The molecule has 6 nitrogen and oxygen atoms in total.